The van der Waals surface area contributed by atoms with E-state index in [-0.39, 0.29) is 28.9 Å². The number of thiophene rings is 1. The van der Waals surface area contributed by atoms with Gasteiger partial charge >= 0.3 is 0 Å². The average Bonchev–Trinajstić information content (AvgIpc) is 3.11. The third kappa shape index (κ3) is 3.73. The first kappa shape index (κ1) is 19.9. The molecule has 1 saturated heterocycles. The second kappa shape index (κ2) is 7.78. The van der Waals surface area contributed by atoms with Gasteiger partial charge in [0.15, 0.2) is 0 Å². The van der Waals surface area contributed by atoms with Crippen molar-refractivity contribution in [2.45, 2.75) is 31.1 Å². The summed E-state index contributed by atoms with van der Waals surface area (Å²) in [6, 6.07) is 8.52. The van der Waals surface area contributed by atoms with Gasteiger partial charge in [0, 0.05) is 31.1 Å². The molecule has 1 fully saturated rings. The van der Waals surface area contributed by atoms with Gasteiger partial charge in [0.05, 0.1) is 9.90 Å². The Morgan fingerprint density at radius 3 is 2.61 bits per heavy atom. The number of sulfonamides is 1. The van der Waals surface area contributed by atoms with Crippen LogP contribution in [-0.2, 0) is 22.9 Å². The lowest BCUT2D eigenvalue weighted by Crippen LogP contribution is -2.50. The molecule has 1 aliphatic carbocycles. The van der Waals surface area contributed by atoms with Gasteiger partial charge in [0.2, 0.25) is 10.0 Å². The fraction of sp³-hybridized carbons (Fsp3) is 0.450. The number of benzene rings is 1. The summed E-state index contributed by atoms with van der Waals surface area (Å²) in [6.07, 6.45) is 3.28. The summed E-state index contributed by atoms with van der Waals surface area (Å²) in [5.74, 6) is 0.686. The Bertz CT molecular complexity index is 995. The van der Waals surface area contributed by atoms with Crippen LogP contribution in [0.4, 0.5) is 0 Å². The summed E-state index contributed by atoms with van der Waals surface area (Å²) in [5.41, 5.74) is 1.31. The highest BCUT2D eigenvalue weighted by molar-refractivity contribution is 7.89. The molecule has 8 heteroatoms. The van der Waals surface area contributed by atoms with Gasteiger partial charge in [-0.15, -0.1) is 11.3 Å². The Morgan fingerprint density at radius 1 is 1.18 bits per heavy atom. The van der Waals surface area contributed by atoms with Crippen molar-refractivity contribution < 1.29 is 13.2 Å². The van der Waals surface area contributed by atoms with Crippen molar-refractivity contribution >= 4 is 38.9 Å². The molecule has 2 heterocycles. The smallest absolute Gasteiger partial charge is 0.264 e. The number of rotatable bonds is 3. The number of hydrogen-bond acceptors (Lipinski definition) is 4. The van der Waals surface area contributed by atoms with E-state index in [2.05, 4.69) is 6.92 Å². The minimum Gasteiger partial charge on any atom is -0.335 e. The maximum atomic E-state index is 12.9. The molecule has 28 heavy (non-hydrogen) atoms. The Morgan fingerprint density at radius 2 is 1.89 bits per heavy atom. The van der Waals surface area contributed by atoms with Crippen LogP contribution < -0.4 is 0 Å². The fourth-order valence-electron chi connectivity index (χ4n) is 3.89. The van der Waals surface area contributed by atoms with Crippen LogP contribution in [0.5, 0.6) is 0 Å². The Labute approximate surface area is 175 Å². The number of carbonyl (C=O) groups is 1. The van der Waals surface area contributed by atoms with Gasteiger partial charge in [-0.2, -0.15) is 4.31 Å². The summed E-state index contributed by atoms with van der Waals surface area (Å²) in [6.45, 7) is 3.59. The topological polar surface area (TPSA) is 57.7 Å². The lowest BCUT2D eigenvalue weighted by Gasteiger charge is -2.33. The molecular weight excluding hydrogens is 416 g/mol. The zero-order chi connectivity index (χ0) is 19.9. The van der Waals surface area contributed by atoms with Crippen LogP contribution >= 0.6 is 22.9 Å². The third-order valence-electron chi connectivity index (χ3n) is 5.52. The van der Waals surface area contributed by atoms with Gasteiger partial charge in [0.25, 0.3) is 5.91 Å². The maximum Gasteiger partial charge on any atom is 0.264 e. The molecule has 0 N–H and O–H groups in total. The van der Waals surface area contributed by atoms with Crippen molar-refractivity contribution in [3.8, 4) is 0 Å². The summed E-state index contributed by atoms with van der Waals surface area (Å²) in [5, 5.41) is 0.222. The van der Waals surface area contributed by atoms with Gasteiger partial charge in [-0.1, -0.05) is 30.7 Å². The van der Waals surface area contributed by atoms with Crippen LogP contribution in [0.2, 0.25) is 5.02 Å². The Hall–Kier alpha value is -1.41. The van der Waals surface area contributed by atoms with E-state index < -0.39 is 10.0 Å². The van der Waals surface area contributed by atoms with Crippen LogP contribution in [0.3, 0.4) is 0 Å². The lowest BCUT2D eigenvalue weighted by molar-refractivity contribution is 0.0702. The molecule has 1 aromatic heterocycles. The molecule has 1 amide bonds. The van der Waals surface area contributed by atoms with Crippen molar-refractivity contribution in [3.05, 3.63) is 50.7 Å². The lowest BCUT2D eigenvalue weighted by atomic mass is 9.90. The average molecular weight is 439 g/mol. The quantitative estimate of drug-likeness (QED) is 0.734. The van der Waals surface area contributed by atoms with Gasteiger partial charge in [0.1, 0.15) is 4.90 Å². The number of hydrogen-bond donors (Lipinski definition) is 0. The van der Waals surface area contributed by atoms with E-state index >= 15 is 0 Å². The molecule has 1 unspecified atom stereocenters. The number of halogens is 1. The summed E-state index contributed by atoms with van der Waals surface area (Å²) in [4.78, 5) is 16.9. The van der Waals surface area contributed by atoms with Gasteiger partial charge in [-0.05, 0) is 48.9 Å². The van der Waals surface area contributed by atoms with Crippen LogP contribution in [-0.4, -0.2) is 49.7 Å². The van der Waals surface area contributed by atoms with Gasteiger partial charge in [-0.25, -0.2) is 8.42 Å². The molecule has 1 aliphatic heterocycles. The Kier molecular flexibility index (Phi) is 5.53. The predicted octanol–water partition coefficient (Wildman–Crippen LogP) is 3.67. The molecule has 2 aliphatic rings. The first-order valence-corrected chi connectivity index (χ1v) is 12.2. The van der Waals surface area contributed by atoms with E-state index in [1.165, 1.54) is 27.2 Å². The molecule has 1 aromatic carbocycles. The maximum absolute atomic E-state index is 12.9. The highest BCUT2D eigenvalue weighted by atomic mass is 35.5. The van der Waals surface area contributed by atoms with Crippen LogP contribution in [0.15, 0.2) is 35.2 Å². The number of nitrogens with zero attached hydrogens (tertiary/aromatic N) is 2. The van der Waals surface area contributed by atoms with E-state index in [4.69, 9.17) is 11.6 Å². The van der Waals surface area contributed by atoms with Gasteiger partial charge in [-0.3, -0.25) is 4.79 Å². The van der Waals surface area contributed by atoms with Gasteiger partial charge < -0.3 is 4.90 Å². The SMILES string of the molecule is CC1CCc2sc(C(=O)N3CCN(S(=O)(=O)c4ccccc4Cl)CC3)cc2C1. The van der Waals surface area contributed by atoms with E-state index in [0.717, 1.165) is 17.7 Å². The minimum atomic E-state index is -3.65. The number of amides is 1. The summed E-state index contributed by atoms with van der Waals surface area (Å²) < 4.78 is 27.1. The second-order valence-electron chi connectivity index (χ2n) is 7.53. The molecule has 0 radical (unpaired) electrons. The van der Waals surface area contributed by atoms with Crippen molar-refractivity contribution in [3.63, 3.8) is 0 Å². The monoisotopic (exact) mass is 438 g/mol. The van der Waals surface area contributed by atoms with Crippen LogP contribution in [0.1, 0.15) is 33.5 Å². The van der Waals surface area contributed by atoms with Crippen molar-refractivity contribution in [1.29, 1.82) is 0 Å². The van der Waals surface area contributed by atoms with Crippen LogP contribution in [0.25, 0.3) is 0 Å². The summed E-state index contributed by atoms with van der Waals surface area (Å²) >= 11 is 7.68. The second-order valence-corrected chi connectivity index (χ2v) is 11.0. The van der Waals surface area contributed by atoms with E-state index in [9.17, 15) is 13.2 Å². The number of aryl methyl sites for hydroxylation is 1. The molecule has 5 nitrogen and oxygen atoms in total. The van der Waals surface area contributed by atoms with E-state index in [1.54, 1.807) is 34.4 Å². The van der Waals surface area contributed by atoms with Crippen molar-refractivity contribution in [2.24, 2.45) is 5.92 Å². The molecule has 4 rings (SSSR count). The molecule has 1 atom stereocenters. The van der Waals surface area contributed by atoms with E-state index in [1.807, 2.05) is 6.07 Å². The first-order chi connectivity index (χ1) is 13.4. The molecular formula is C20H23ClN2O3S2. The Balaban J connectivity index is 1.44. The molecule has 0 bridgehead atoms. The predicted molar refractivity (Wildman–Crippen MR) is 112 cm³/mol. The number of piperazine rings is 1. The van der Waals surface area contributed by atoms with Crippen molar-refractivity contribution in [1.82, 2.24) is 9.21 Å². The molecule has 0 saturated carbocycles. The number of carbonyl (C=O) groups excluding carboxylic acids is 1. The zero-order valence-electron chi connectivity index (χ0n) is 15.7. The highest BCUT2D eigenvalue weighted by Gasteiger charge is 2.32. The largest absolute Gasteiger partial charge is 0.335 e. The molecule has 0 spiro atoms. The third-order valence-corrected chi connectivity index (χ3v) is 9.14. The molecule has 2 aromatic rings. The normalized spacial score (nSPS) is 20.8. The highest BCUT2D eigenvalue weighted by Crippen LogP contribution is 2.33. The zero-order valence-corrected chi connectivity index (χ0v) is 18.1. The summed E-state index contributed by atoms with van der Waals surface area (Å²) in [7, 11) is -3.65. The minimum absolute atomic E-state index is 0.0156. The van der Waals surface area contributed by atoms with Crippen LogP contribution in [0, 0.1) is 5.92 Å². The fourth-order valence-corrected chi connectivity index (χ4v) is 6.98. The standard InChI is InChI=1S/C20H23ClN2O3S2/c1-14-6-7-17-15(12-14)13-18(27-17)20(24)22-8-10-23(11-9-22)28(25,26)19-5-3-2-4-16(19)21/h2-5,13-14H,6-12H2,1H3. The van der Waals surface area contributed by atoms with Crippen molar-refractivity contribution in [2.75, 3.05) is 26.2 Å². The van der Waals surface area contributed by atoms with E-state index in [0.29, 0.717) is 19.0 Å². The first-order valence-electron chi connectivity index (χ1n) is 9.52. The molecule has 150 valence electrons. The number of fused-ring (bicyclic) bond motifs is 1.